The van der Waals surface area contributed by atoms with Crippen LogP contribution in [0.1, 0.15) is 16.1 Å². The van der Waals surface area contributed by atoms with E-state index in [1.54, 1.807) is 6.07 Å². The zero-order valence-electron chi connectivity index (χ0n) is 8.41. The van der Waals surface area contributed by atoms with Gasteiger partial charge in [0.05, 0.1) is 12.7 Å². The van der Waals surface area contributed by atoms with Crippen molar-refractivity contribution in [3.63, 3.8) is 0 Å². The predicted octanol–water partition coefficient (Wildman–Crippen LogP) is 0.630. The molecule has 0 fully saturated rings. The van der Waals surface area contributed by atoms with E-state index in [2.05, 4.69) is 15.0 Å². The summed E-state index contributed by atoms with van der Waals surface area (Å²) in [6, 6.07) is 3.56. The van der Waals surface area contributed by atoms with Gasteiger partial charge in [0.15, 0.2) is 0 Å². The first-order chi connectivity index (χ1) is 6.77. The number of carbonyl (C=O) groups is 1. The quantitative estimate of drug-likeness (QED) is 0.714. The number of carbonyl (C=O) groups excluding carboxylic acids is 1. The predicted molar refractivity (Wildman–Crippen MR) is 53.2 cm³/mol. The summed E-state index contributed by atoms with van der Waals surface area (Å²) in [5.41, 5.74) is 1.45. The maximum absolute atomic E-state index is 11.1. The van der Waals surface area contributed by atoms with Crippen molar-refractivity contribution >= 4 is 5.97 Å². The normalized spacial score (nSPS) is 9.86. The van der Waals surface area contributed by atoms with E-state index in [9.17, 15) is 4.79 Å². The molecule has 0 amide bonds. The van der Waals surface area contributed by atoms with Crippen molar-refractivity contribution < 1.29 is 9.53 Å². The van der Waals surface area contributed by atoms with E-state index in [0.29, 0.717) is 5.56 Å². The molecule has 0 aromatic carbocycles. The highest BCUT2D eigenvalue weighted by atomic mass is 16.5. The maximum atomic E-state index is 11.1. The summed E-state index contributed by atoms with van der Waals surface area (Å²) in [5, 5.41) is 3.03. The molecule has 0 aliphatic rings. The Balaban J connectivity index is 2.63. The second kappa shape index (κ2) is 5.34. The summed E-state index contributed by atoms with van der Waals surface area (Å²) in [7, 11) is 3.25. The number of rotatable bonds is 4. The van der Waals surface area contributed by atoms with Crippen molar-refractivity contribution in [1.82, 2.24) is 10.3 Å². The lowest BCUT2D eigenvalue weighted by Gasteiger charge is -2.01. The second-order valence-electron chi connectivity index (χ2n) is 2.88. The van der Waals surface area contributed by atoms with Gasteiger partial charge >= 0.3 is 5.97 Å². The number of methoxy groups -OCH3 is 1. The van der Waals surface area contributed by atoms with Crippen LogP contribution in [0.15, 0.2) is 18.3 Å². The molecule has 1 rings (SSSR count). The van der Waals surface area contributed by atoms with Crippen LogP contribution >= 0.6 is 0 Å². The summed E-state index contributed by atoms with van der Waals surface area (Å²) in [4.78, 5) is 15.2. The number of nitrogens with one attached hydrogen (secondary N) is 1. The van der Waals surface area contributed by atoms with Crippen LogP contribution in [0.3, 0.4) is 0 Å². The lowest BCUT2D eigenvalue weighted by atomic mass is 10.2. The zero-order valence-corrected chi connectivity index (χ0v) is 8.41. The van der Waals surface area contributed by atoms with Crippen molar-refractivity contribution in [3.8, 4) is 0 Å². The standard InChI is InChI=1S/C10H14N2O2/c1-11-6-5-9-4-3-8(7-12-9)10(13)14-2/h3-4,7,11H,5-6H2,1-2H3. The number of ether oxygens (including phenoxy) is 1. The third-order valence-corrected chi connectivity index (χ3v) is 1.88. The molecule has 0 saturated heterocycles. The summed E-state index contributed by atoms with van der Waals surface area (Å²) >= 11 is 0. The second-order valence-corrected chi connectivity index (χ2v) is 2.88. The van der Waals surface area contributed by atoms with Crippen LogP contribution in [0, 0.1) is 0 Å². The van der Waals surface area contributed by atoms with Gasteiger partial charge in [-0.3, -0.25) is 4.98 Å². The highest BCUT2D eigenvalue weighted by Crippen LogP contribution is 2.02. The monoisotopic (exact) mass is 194 g/mol. The molecule has 1 aromatic heterocycles. The average Bonchev–Trinajstić information content (AvgIpc) is 2.26. The van der Waals surface area contributed by atoms with E-state index in [1.165, 1.54) is 13.3 Å². The first kappa shape index (κ1) is 10.7. The lowest BCUT2D eigenvalue weighted by Crippen LogP contribution is -2.11. The minimum atomic E-state index is -0.349. The summed E-state index contributed by atoms with van der Waals surface area (Å²) in [6.07, 6.45) is 2.40. The summed E-state index contributed by atoms with van der Waals surface area (Å²) in [5.74, 6) is -0.349. The molecular formula is C10H14N2O2. The molecule has 0 bridgehead atoms. The fourth-order valence-corrected chi connectivity index (χ4v) is 1.06. The Kier molecular flexibility index (Phi) is 4.07. The van der Waals surface area contributed by atoms with Gasteiger partial charge in [-0.05, 0) is 19.2 Å². The molecule has 1 N–H and O–H groups in total. The molecule has 0 atom stereocenters. The Labute approximate surface area is 83.3 Å². The first-order valence-corrected chi connectivity index (χ1v) is 4.45. The molecule has 4 nitrogen and oxygen atoms in total. The van der Waals surface area contributed by atoms with Crippen molar-refractivity contribution in [1.29, 1.82) is 0 Å². The zero-order chi connectivity index (χ0) is 10.4. The molecule has 14 heavy (non-hydrogen) atoms. The average molecular weight is 194 g/mol. The Morgan fingerprint density at radius 1 is 1.57 bits per heavy atom. The number of likely N-dealkylation sites (N-methyl/N-ethyl adjacent to an activating group) is 1. The molecule has 0 unspecified atom stereocenters. The van der Waals surface area contributed by atoms with Crippen molar-refractivity contribution in [2.75, 3.05) is 20.7 Å². The van der Waals surface area contributed by atoms with Crippen LogP contribution in [0.25, 0.3) is 0 Å². The van der Waals surface area contributed by atoms with Crippen LogP contribution in [0.2, 0.25) is 0 Å². The Bertz CT molecular complexity index is 295. The van der Waals surface area contributed by atoms with Crippen LogP contribution in [-0.4, -0.2) is 31.7 Å². The van der Waals surface area contributed by atoms with E-state index in [0.717, 1.165) is 18.7 Å². The molecule has 1 aromatic rings. The number of hydrogen-bond acceptors (Lipinski definition) is 4. The van der Waals surface area contributed by atoms with E-state index in [4.69, 9.17) is 0 Å². The van der Waals surface area contributed by atoms with Gasteiger partial charge < -0.3 is 10.1 Å². The summed E-state index contributed by atoms with van der Waals surface area (Å²) in [6.45, 7) is 0.880. The molecule has 76 valence electrons. The van der Waals surface area contributed by atoms with E-state index in [1.807, 2.05) is 13.1 Å². The molecule has 0 spiro atoms. The third kappa shape index (κ3) is 2.81. The lowest BCUT2D eigenvalue weighted by molar-refractivity contribution is 0.0600. The van der Waals surface area contributed by atoms with Crippen LogP contribution < -0.4 is 5.32 Å². The van der Waals surface area contributed by atoms with Gasteiger partial charge in [-0.2, -0.15) is 0 Å². The molecule has 0 aliphatic heterocycles. The minimum absolute atomic E-state index is 0.349. The Morgan fingerprint density at radius 2 is 2.36 bits per heavy atom. The van der Waals surface area contributed by atoms with Gasteiger partial charge in [0.25, 0.3) is 0 Å². The fourth-order valence-electron chi connectivity index (χ4n) is 1.06. The Hall–Kier alpha value is -1.42. The van der Waals surface area contributed by atoms with Crippen molar-refractivity contribution in [2.24, 2.45) is 0 Å². The van der Waals surface area contributed by atoms with Crippen LogP contribution in [0.5, 0.6) is 0 Å². The highest BCUT2D eigenvalue weighted by molar-refractivity contribution is 5.88. The molecule has 0 saturated carbocycles. The molecule has 0 aliphatic carbocycles. The van der Waals surface area contributed by atoms with Gasteiger partial charge in [-0.15, -0.1) is 0 Å². The molecule has 4 heteroatoms. The molecule has 1 heterocycles. The third-order valence-electron chi connectivity index (χ3n) is 1.88. The largest absolute Gasteiger partial charge is 0.465 e. The highest BCUT2D eigenvalue weighted by Gasteiger charge is 2.04. The fraction of sp³-hybridized carbons (Fsp3) is 0.400. The number of esters is 1. The van der Waals surface area contributed by atoms with Gasteiger partial charge in [0.2, 0.25) is 0 Å². The van der Waals surface area contributed by atoms with Gasteiger partial charge in [-0.25, -0.2) is 4.79 Å². The van der Waals surface area contributed by atoms with Crippen molar-refractivity contribution in [3.05, 3.63) is 29.6 Å². The number of hydrogen-bond donors (Lipinski definition) is 1. The maximum Gasteiger partial charge on any atom is 0.339 e. The van der Waals surface area contributed by atoms with E-state index >= 15 is 0 Å². The Morgan fingerprint density at radius 3 is 2.86 bits per heavy atom. The van der Waals surface area contributed by atoms with Crippen LogP contribution in [0.4, 0.5) is 0 Å². The number of aromatic nitrogens is 1. The van der Waals surface area contributed by atoms with Crippen LogP contribution in [-0.2, 0) is 11.2 Å². The van der Waals surface area contributed by atoms with Gasteiger partial charge in [-0.1, -0.05) is 0 Å². The SMILES string of the molecule is CNCCc1ccc(C(=O)OC)cn1. The number of pyridine rings is 1. The number of nitrogens with zero attached hydrogens (tertiary/aromatic N) is 1. The smallest absolute Gasteiger partial charge is 0.339 e. The van der Waals surface area contributed by atoms with Crippen molar-refractivity contribution in [2.45, 2.75) is 6.42 Å². The van der Waals surface area contributed by atoms with E-state index in [-0.39, 0.29) is 5.97 Å². The first-order valence-electron chi connectivity index (χ1n) is 4.45. The van der Waals surface area contributed by atoms with Gasteiger partial charge in [0.1, 0.15) is 0 Å². The van der Waals surface area contributed by atoms with E-state index < -0.39 is 0 Å². The van der Waals surface area contributed by atoms with Gasteiger partial charge in [0, 0.05) is 24.9 Å². The topological polar surface area (TPSA) is 51.2 Å². The summed E-state index contributed by atoms with van der Waals surface area (Å²) < 4.78 is 4.57. The minimum Gasteiger partial charge on any atom is -0.465 e. The molecular weight excluding hydrogens is 180 g/mol. The molecule has 0 radical (unpaired) electrons.